The zero-order valence-corrected chi connectivity index (χ0v) is 7.99. The smallest absolute Gasteiger partial charge is 0.120 e. The van der Waals surface area contributed by atoms with Gasteiger partial charge in [-0.15, -0.1) is 0 Å². The predicted octanol–water partition coefficient (Wildman–Crippen LogP) is 1.43. The number of aliphatic hydroxyl groups excluding tert-OH is 1. The fraction of sp³-hybridized carbons (Fsp3) is 0.333. The molecule has 4 heteroatoms. The molecule has 0 aliphatic carbocycles. The minimum atomic E-state index is -0.718. The van der Waals surface area contributed by atoms with Gasteiger partial charge in [0.25, 0.3) is 0 Å². The Labute approximate surface area is 81.8 Å². The van der Waals surface area contributed by atoms with Crippen LogP contribution in [-0.2, 0) is 0 Å². The Kier molecular flexibility index (Phi) is 3.14. The number of phenols is 1. The Morgan fingerprint density at radius 2 is 2.08 bits per heavy atom. The van der Waals surface area contributed by atoms with Gasteiger partial charge in [0.1, 0.15) is 5.75 Å². The number of aromatic hydroxyl groups is 1. The summed E-state index contributed by atoms with van der Waals surface area (Å²) in [5.41, 5.74) is 6.10. The van der Waals surface area contributed by atoms with Gasteiger partial charge >= 0.3 is 0 Å². The van der Waals surface area contributed by atoms with E-state index in [1.165, 1.54) is 6.07 Å². The summed E-state index contributed by atoms with van der Waals surface area (Å²) in [6, 6.07) is 3.96. The van der Waals surface area contributed by atoms with E-state index in [0.717, 1.165) is 0 Å². The third-order valence-electron chi connectivity index (χ3n) is 1.87. The maximum atomic E-state index is 9.40. The van der Waals surface area contributed by atoms with Crippen molar-refractivity contribution in [2.75, 3.05) is 0 Å². The lowest BCUT2D eigenvalue weighted by atomic mass is 10.0. The Hall–Kier alpha value is -0.770. The van der Waals surface area contributed by atoms with Crippen LogP contribution in [0.25, 0.3) is 0 Å². The van der Waals surface area contributed by atoms with Crippen molar-refractivity contribution < 1.29 is 10.2 Å². The lowest BCUT2D eigenvalue weighted by Gasteiger charge is -2.16. The number of aliphatic hydroxyl groups is 1. The largest absolute Gasteiger partial charge is 0.508 e. The van der Waals surface area contributed by atoms with E-state index in [1.807, 2.05) is 0 Å². The van der Waals surface area contributed by atoms with Crippen molar-refractivity contribution in [3.8, 4) is 5.75 Å². The molecule has 0 saturated carbocycles. The quantitative estimate of drug-likeness (QED) is 0.678. The molecule has 1 aromatic carbocycles. The molecule has 0 aliphatic rings. The van der Waals surface area contributed by atoms with Crippen LogP contribution in [0.15, 0.2) is 18.2 Å². The summed E-state index contributed by atoms with van der Waals surface area (Å²) in [6.45, 7) is 1.56. The van der Waals surface area contributed by atoms with Gasteiger partial charge in [-0.05, 0) is 25.1 Å². The van der Waals surface area contributed by atoms with Crippen molar-refractivity contribution in [2.45, 2.75) is 19.1 Å². The van der Waals surface area contributed by atoms with Gasteiger partial charge in [0.15, 0.2) is 0 Å². The lowest BCUT2D eigenvalue weighted by Crippen LogP contribution is -2.23. The molecule has 72 valence electrons. The van der Waals surface area contributed by atoms with Crippen molar-refractivity contribution in [1.29, 1.82) is 0 Å². The summed E-state index contributed by atoms with van der Waals surface area (Å²) in [7, 11) is 0. The van der Waals surface area contributed by atoms with E-state index in [9.17, 15) is 10.2 Å². The Morgan fingerprint density at radius 1 is 1.46 bits per heavy atom. The number of phenolic OH excluding ortho intramolecular Hbond substituents is 1. The van der Waals surface area contributed by atoms with E-state index < -0.39 is 12.1 Å². The third kappa shape index (κ3) is 2.34. The molecular formula is C9H12ClNO2. The highest BCUT2D eigenvalue weighted by Gasteiger charge is 2.15. The molecule has 2 atom stereocenters. The average Bonchev–Trinajstić information content (AvgIpc) is 2.08. The van der Waals surface area contributed by atoms with Crippen molar-refractivity contribution in [3.05, 3.63) is 28.8 Å². The third-order valence-corrected chi connectivity index (χ3v) is 2.10. The van der Waals surface area contributed by atoms with Crippen molar-refractivity contribution in [1.82, 2.24) is 0 Å². The number of halogens is 1. The molecule has 13 heavy (non-hydrogen) atoms. The van der Waals surface area contributed by atoms with E-state index in [0.29, 0.717) is 10.6 Å². The highest BCUT2D eigenvalue weighted by Crippen LogP contribution is 2.27. The van der Waals surface area contributed by atoms with E-state index in [4.69, 9.17) is 17.3 Å². The molecule has 0 unspecified atom stereocenters. The summed E-state index contributed by atoms with van der Waals surface area (Å²) in [5.74, 6) is 0.0535. The fourth-order valence-corrected chi connectivity index (χ4v) is 1.23. The second kappa shape index (κ2) is 3.96. The first kappa shape index (κ1) is 10.3. The Balaban J connectivity index is 3.05. The number of hydrogen-bond acceptors (Lipinski definition) is 3. The molecular weight excluding hydrogens is 190 g/mol. The molecule has 0 bridgehead atoms. The van der Waals surface area contributed by atoms with Crippen LogP contribution in [0.4, 0.5) is 0 Å². The topological polar surface area (TPSA) is 66.5 Å². The van der Waals surface area contributed by atoms with Crippen LogP contribution in [0, 0.1) is 0 Å². The van der Waals surface area contributed by atoms with Crippen LogP contribution < -0.4 is 5.73 Å². The lowest BCUT2D eigenvalue weighted by molar-refractivity contribution is 0.163. The molecule has 1 aromatic rings. The second-order valence-corrected chi connectivity index (χ2v) is 3.41. The first-order valence-electron chi connectivity index (χ1n) is 3.94. The van der Waals surface area contributed by atoms with Crippen molar-refractivity contribution in [2.24, 2.45) is 5.73 Å². The average molecular weight is 202 g/mol. The summed E-state index contributed by atoms with van der Waals surface area (Å²) in [5, 5.41) is 19.1. The molecule has 0 aliphatic heterocycles. The number of hydrogen-bond donors (Lipinski definition) is 3. The van der Waals surface area contributed by atoms with Crippen LogP contribution in [0.1, 0.15) is 18.5 Å². The zero-order chi connectivity index (χ0) is 10.0. The van der Waals surface area contributed by atoms with Crippen LogP contribution in [0.3, 0.4) is 0 Å². The van der Waals surface area contributed by atoms with E-state index in [-0.39, 0.29) is 5.75 Å². The van der Waals surface area contributed by atoms with Crippen LogP contribution in [0.5, 0.6) is 5.75 Å². The van der Waals surface area contributed by atoms with Crippen molar-refractivity contribution >= 4 is 11.6 Å². The Bertz CT molecular complexity index is 302. The Morgan fingerprint density at radius 3 is 2.62 bits per heavy atom. The summed E-state index contributed by atoms with van der Waals surface area (Å²) in [6.07, 6.45) is -0.718. The molecule has 0 aromatic heterocycles. The van der Waals surface area contributed by atoms with Crippen LogP contribution >= 0.6 is 11.6 Å². The van der Waals surface area contributed by atoms with Gasteiger partial charge < -0.3 is 15.9 Å². The molecule has 0 fully saturated rings. The molecule has 0 amide bonds. The second-order valence-electron chi connectivity index (χ2n) is 2.97. The zero-order valence-electron chi connectivity index (χ0n) is 7.24. The minimum Gasteiger partial charge on any atom is -0.508 e. The molecule has 0 spiro atoms. The van der Waals surface area contributed by atoms with E-state index in [2.05, 4.69) is 0 Å². The van der Waals surface area contributed by atoms with Gasteiger partial charge in [-0.1, -0.05) is 11.6 Å². The predicted molar refractivity (Wildman–Crippen MR) is 51.7 cm³/mol. The first-order chi connectivity index (χ1) is 6.02. The molecule has 0 radical (unpaired) electrons. The summed E-state index contributed by atoms with van der Waals surface area (Å²) in [4.78, 5) is 0. The van der Waals surface area contributed by atoms with Gasteiger partial charge in [-0.2, -0.15) is 0 Å². The SMILES string of the molecule is C[C@@H](O)[C@@H](N)c1cc(Cl)ccc1O. The molecule has 1 rings (SSSR count). The minimum absolute atomic E-state index is 0.0535. The van der Waals surface area contributed by atoms with Crippen molar-refractivity contribution in [3.63, 3.8) is 0 Å². The monoisotopic (exact) mass is 201 g/mol. The van der Waals surface area contributed by atoms with E-state index >= 15 is 0 Å². The normalized spacial score (nSPS) is 15.4. The first-order valence-corrected chi connectivity index (χ1v) is 4.32. The number of rotatable bonds is 2. The van der Waals surface area contributed by atoms with Gasteiger partial charge in [0, 0.05) is 10.6 Å². The van der Waals surface area contributed by atoms with Crippen LogP contribution in [-0.4, -0.2) is 16.3 Å². The highest BCUT2D eigenvalue weighted by molar-refractivity contribution is 6.30. The number of benzene rings is 1. The maximum absolute atomic E-state index is 9.40. The molecule has 0 saturated heterocycles. The fourth-order valence-electron chi connectivity index (χ4n) is 1.05. The molecule has 0 heterocycles. The standard InChI is InChI=1S/C9H12ClNO2/c1-5(12)9(11)7-4-6(10)2-3-8(7)13/h2-5,9,12-13H,11H2,1H3/t5-,9-/m1/s1. The van der Waals surface area contributed by atoms with E-state index in [1.54, 1.807) is 19.1 Å². The number of nitrogens with two attached hydrogens (primary N) is 1. The van der Waals surface area contributed by atoms with Gasteiger partial charge in [0.05, 0.1) is 12.1 Å². The van der Waals surface area contributed by atoms with Gasteiger partial charge in [-0.25, -0.2) is 0 Å². The molecule has 3 nitrogen and oxygen atoms in total. The highest BCUT2D eigenvalue weighted by atomic mass is 35.5. The summed E-state index contributed by atoms with van der Waals surface area (Å²) < 4.78 is 0. The summed E-state index contributed by atoms with van der Waals surface area (Å²) >= 11 is 5.72. The molecule has 4 N–H and O–H groups in total. The van der Waals surface area contributed by atoms with Gasteiger partial charge in [-0.3, -0.25) is 0 Å². The van der Waals surface area contributed by atoms with Gasteiger partial charge in [0.2, 0.25) is 0 Å². The maximum Gasteiger partial charge on any atom is 0.120 e. The van der Waals surface area contributed by atoms with Crippen LogP contribution in [0.2, 0.25) is 5.02 Å².